The molecule has 6 heteroatoms. The minimum atomic E-state index is -0.0752. The van der Waals surface area contributed by atoms with Gasteiger partial charge in [0.05, 0.1) is 4.88 Å². The van der Waals surface area contributed by atoms with E-state index in [9.17, 15) is 4.79 Å². The minimum Gasteiger partial charge on any atom is -0.355 e. The van der Waals surface area contributed by atoms with Crippen LogP contribution in [0.3, 0.4) is 0 Å². The first-order valence-corrected chi connectivity index (χ1v) is 7.49. The maximum Gasteiger partial charge on any atom is 0.276 e. The van der Waals surface area contributed by atoms with Crippen molar-refractivity contribution in [1.82, 2.24) is 10.1 Å². The van der Waals surface area contributed by atoms with Crippen molar-refractivity contribution >= 4 is 17.2 Å². The summed E-state index contributed by atoms with van der Waals surface area (Å²) in [6, 6.07) is 5.60. The maximum atomic E-state index is 12.4. The van der Waals surface area contributed by atoms with E-state index in [2.05, 4.69) is 12.1 Å². The van der Waals surface area contributed by atoms with Crippen molar-refractivity contribution in [1.29, 1.82) is 0 Å². The van der Waals surface area contributed by atoms with Crippen molar-refractivity contribution in [2.75, 3.05) is 19.6 Å². The number of carbonyl (C=O) groups is 1. The number of thiophene rings is 1. The molecule has 2 aromatic rings. The highest BCUT2D eigenvalue weighted by Gasteiger charge is 2.36. The number of nitrogens with zero attached hydrogens (tertiary/aromatic N) is 2. The van der Waals surface area contributed by atoms with Crippen molar-refractivity contribution < 1.29 is 9.32 Å². The molecule has 0 aliphatic carbocycles. The number of hydrogen-bond acceptors (Lipinski definition) is 5. The fraction of sp³-hybridized carbons (Fsp3) is 0.429. The van der Waals surface area contributed by atoms with Crippen LogP contribution in [0.25, 0.3) is 10.6 Å². The first kappa shape index (κ1) is 13.3. The van der Waals surface area contributed by atoms with Gasteiger partial charge in [0.15, 0.2) is 11.5 Å². The number of nitrogens with two attached hydrogens (primary N) is 1. The van der Waals surface area contributed by atoms with Crippen LogP contribution in [0, 0.1) is 5.41 Å². The summed E-state index contributed by atoms with van der Waals surface area (Å²) in [5.41, 5.74) is 6.16. The van der Waals surface area contributed by atoms with Gasteiger partial charge in [0.1, 0.15) is 0 Å². The summed E-state index contributed by atoms with van der Waals surface area (Å²) in [4.78, 5) is 15.2. The lowest BCUT2D eigenvalue weighted by Gasteiger charge is -2.21. The maximum absolute atomic E-state index is 12.4. The van der Waals surface area contributed by atoms with Gasteiger partial charge in [-0.15, -0.1) is 11.3 Å². The first-order chi connectivity index (χ1) is 9.61. The molecule has 0 aromatic carbocycles. The second-order valence-electron chi connectivity index (χ2n) is 5.55. The molecule has 0 saturated carbocycles. The van der Waals surface area contributed by atoms with Crippen LogP contribution in [0.4, 0.5) is 0 Å². The minimum absolute atomic E-state index is 0.0238. The molecule has 0 bridgehead atoms. The van der Waals surface area contributed by atoms with E-state index in [1.165, 1.54) is 0 Å². The molecule has 106 valence electrons. The molecule has 1 aliphatic rings. The van der Waals surface area contributed by atoms with Crippen molar-refractivity contribution in [3.63, 3.8) is 0 Å². The molecule has 1 unspecified atom stereocenters. The van der Waals surface area contributed by atoms with Gasteiger partial charge >= 0.3 is 0 Å². The summed E-state index contributed by atoms with van der Waals surface area (Å²) in [5, 5.41) is 5.86. The molecule has 0 radical (unpaired) electrons. The molecule has 1 fully saturated rings. The summed E-state index contributed by atoms with van der Waals surface area (Å²) in [6.45, 7) is 4.12. The van der Waals surface area contributed by atoms with Crippen LogP contribution in [0.15, 0.2) is 28.1 Å². The smallest absolute Gasteiger partial charge is 0.276 e. The lowest BCUT2D eigenvalue weighted by Crippen LogP contribution is -2.34. The average Bonchev–Trinajstić information content (AvgIpc) is 3.18. The second-order valence-corrected chi connectivity index (χ2v) is 6.49. The van der Waals surface area contributed by atoms with E-state index in [1.807, 2.05) is 22.4 Å². The summed E-state index contributed by atoms with van der Waals surface area (Å²) >= 11 is 1.56. The van der Waals surface area contributed by atoms with Crippen molar-refractivity contribution in [3.8, 4) is 10.6 Å². The Hall–Kier alpha value is -1.66. The van der Waals surface area contributed by atoms with Gasteiger partial charge in [-0.05, 0) is 29.8 Å². The number of amides is 1. The molecule has 3 heterocycles. The molecule has 5 nitrogen and oxygen atoms in total. The number of carbonyl (C=O) groups excluding carboxylic acids is 1. The summed E-state index contributed by atoms with van der Waals surface area (Å²) in [5.74, 6) is 0.567. The van der Waals surface area contributed by atoms with E-state index < -0.39 is 0 Å². The van der Waals surface area contributed by atoms with Gasteiger partial charge in [0.25, 0.3) is 5.91 Å². The second kappa shape index (κ2) is 5.03. The highest BCUT2D eigenvalue weighted by molar-refractivity contribution is 7.13. The van der Waals surface area contributed by atoms with Gasteiger partial charge in [-0.25, -0.2) is 0 Å². The van der Waals surface area contributed by atoms with Gasteiger partial charge in [-0.3, -0.25) is 4.79 Å². The molecule has 3 rings (SSSR count). The molecular formula is C14H17N3O2S. The lowest BCUT2D eigenvalue weighted by atomic mass is 9.90. The normalized spacial score (nSPS) is 22.4. The van der Waals surface area contributed by atoms with E-state index in [-0.39, 0.29) is 11.3 Å². The zero-order valence-corrected chi connectivity index (χ0v) is 12.2. The number of likely N-dealkylation sites (tertiary alicyclic amines) is 1. The Kier molecular flexibility index (Phi) is 3.35. The Morgan fingerprint density at radius 1 is 1.65 bits per heavy atom. The fourth-order valence-corrected chi connectivity index (χ4v) is 3.11. The van der Waals surface area contributed by atoms with E-state index in [4.69, 9.17) is 10.3 Å². The van der Waals surface area contributed by atoms with Crippen LogP contribution in [-0.4, -0.2) is 35.6 Å². The van der Waals surface area contributed by atoms with Gasteiger partial charge < -0.3 is 15.2 Å². The lowest BCUT2D eigenvalue weighted by molar-refractivity contribution is 0.0766. The fourth-order valence-electron chi connectivity index (χ4n) is 2.44. The Balaban J connectivity index is 1.76. The van der Waals surface area contributed by atoms with Crippen molar-refractivity contribution in [3.05, 3.63) is 29.3 Å². The largest absolute Gasteiger partial charge is 0.355 e. The number of rotatable bonds is 3. The van der Waals surface area contributed by atoms with Crippen LogP contribution in [0.5, 0.6) is 0 Å². The predicted octanol–water partition coefficient (Wildman–Crippen LogP) is 2.21. The highest BCUT2D eigenvalue weighted by atomic mass is 32.1. The molecule has 1 aliphatic heterocycles. The SMILES string of the molecule is CC1(CN)CCN(C(=O)c2cc(-c3cccs3)on2)C1. The summed E-state index contributed by atoms with van der Waals surface area (Å²) in [6.07, 6.45) is 0.935. The summed E-state index contributed by atoms with van der Waals surface area (Å²) < 4.78 is 5.26. The first-order valence-electron chi connectivity index (χ1n) is 6.61. The van der Waals surface area contributed by atoms with E-state index in [0.29, 0.717) is 24.5 Å². The Morgan fingerprint density at radius 3 is 3.15 bits per heavy atom. The highest BCUT2D eigenvalue weighted by Crippen LogP contribution is 2.30. The molecule has 0 spiro atoms. The zero-order chi connectivity index (χ0) is 14.2. The predicted molar refractivity (Wildman–Crippen MR) is 77.5 cm³/mol. The molecule has 1 amide bonds. The standard InChI is InChI=1S/C14H17N3O2S/c1-14(8-15)4-5-17(9-14)13(18)10-7-11(19-16-10)12-3-2-6-20-12/h2-3,6-7H,4-5,8-9,15H2,1H3. The topological polar surface area (TPSA) is 72.4 Å². The Morgan fingerprint density at radius 2 is 2.50 bits per heavy atom. The van der Waals surface area contributed by atoms with Crippen LogP contribution >= 0.6 is 11.3 Å². The van der Waals surface area contributed by atoms with E-state index in [0.717, 1.165) is 17.8 Å². The Bertz CT molecular complexity index is 608. The molecule has 2 N–H and O–H groups in total. The molecule has 1 saturated heterocycles. The van der Waals surface area contributed by atoms with Gasteiger partial charge in [0.2, 0.25) is 0 Å². The van der Waals surface area contributed by atoms with Crippen LogP contribution < -0.4 is 5.73 Å². The van der Waals surface area contributed by atoms with Crippen molar-refractivity contribution in [2.45, 2.75) is 13.3 Å². The Labute approximate surface area is 121 Å². The monoisotopic (exact) mass is 291 g/mol. The molecule has 1 atom stereocenters. The van der Waals surface area contributed by atoms with E-state index in [1.54, 1.807) is 17.4 Å². The third-order valence-electron chi connectivity index (χ3n) is 3.83. The molecular weight excluding hydrogens is 274 g/mol. The van der Waals surface area contributed by atoms with Gasteiger partial charge in [-0.1, -0.05) is 18.1 Å². The van der Waals surface area contributed by atoms with Gasteiger partial charge in [-0.2, -0.15) is 0 Å². The molecule has 2 aromatic heterocycles. The summed E-state index contributed by atoms with van der Waals surface area (Å²) in [7, 11) is 0. The number of aromatic nitrogens is 1. The van der Waals surface area contributed by atoms with Crippen LogP contribution in [-0.2, 0) is 0 Å². The van der Waals surface area contributed by atoms with Gasteiger partial charge in [0, 0.05) is 19.2 Å². The third kappa shape index (κ3) is 2.36. The van der Waals surface area contributed by atoms with Crippen LogP contribution in [0.2, 0.25) is 0 Å². The van der Waals surface area contributed by atoms with E-state index >= 15 is 0 Å². The average molecular weight is 291 g/mol. The quantitative estimate of drug-likeness (QED) is 0.941. The van der Waals surface area contributed by atoms with Crippen LogP contribution in [0.1, 0.15) is 23.8 Å². The third-order valence-corrected chi connectivity index (χ3v) is 4.72. The number of hydrogen-bond donors (Lipinski definition) is 1. The zero-order valence-electron chi connectivity index (χ0n) is 11.3. The molecule has 20 heavy (non-hydrogen) atoms. The van der Waals surface area contributed by atoms with Crippen molar-refractivity contribution in [2.24, 2.45) is 11.1 Å².